The molecule has 2 aliphatic heterocycles. The molecule has 0 bridgehead atoms. The molecule has 1 saturated heterocycles. The molecule has 132 valence electrons. The van der Waals surface area contributed by atoms with E-state index in [9.17, 15) is 0 Å². The van der Waals surface area contributed by atoms with E-state index in [0.29, 0.717) is 6.04 Å². The molecule has 0 saturated carbocycles. The average Bonchev–Trinajstić information content (AvgIpc) is 2.98. The van der Waals surface area contributed by atoms with Crippen molar-refractivity contribution in [3.63, 3.8) is 0 Å². The van der Waals surface area contributed by atoms with Gasteiger partial charge in [-0.1, -0.05) is 48.5 Å². The molecular formula is C23H30N2. The predicted octanol–water partition coefficient (Wildman–Crippen LogP) is 4.75. The summed E-state index contributed by atoms with van der Waals surface area (Å²) in [5.41, 5.74) is 5.94. The van der Waals surface area contributed by atoms with Crippen molar-refractivity contribution >= 4 is 0 Å². The first-order chi connectivity index (χ1) is 11.9. The normalized spacial score (nSPS) is 19.2. The highest BCUT2D eigenvalue weighted by molar-refractivity contribution is 5.35. The van der Waals surface area contributed by atoms with Crippen molar-refractivity contribution in [3.05, 3.63) is 70.8 Å². The van der Waals surface area contributed by atoms with Gasteiger partial charge in [-0.15, -0.1) is 0 Å². The summed E-state index contributed by atoms with van der Waals surface area (Å²) in [5.74, 6) is 0.718. The second-order valence-electron chi connectivity index (χ2n) is 8.55. The lowest BCUT2D eigenvalue weighted by molar-refractivity contribution is 0.109. The first kappa shape index (κ1) is 16.8. The Morgan fingerprint density at radius 2 is 1.44 bits per heavy atom. The molecule has 25 heavy (non-hydrogen) atoms. The van der Waals surface area contributed by atoms with E-state index >= 15 is 0 Å². The van der Waals surface area contributed by atoms with Crippen molar-refractivity contribution in [2.45, 2.75) is 58.3 Å². The molecule has 0 radical (unpaired) electrons. The molecule has 0 aromatic heterocycles. The fraction of sp³-hybridized carbons (Fsp3) is 0.478. The van der Waals surface area contributed by atoms with E-state index in [1.807, 2.05) is 0 Å². The Morgan fingerprint density at radius 1 is 0.880 bits per heavy atom. The van der Waals surface area contributed by atoms with Crippen LogP contribution in [0.1, 0.15) is 55.9 Å². The van der Waals surface area contributed by atoms with Crippen LogP contribution in [0.3, 0.4) is 0 Å². The highest BCUT2D eigenvalue weighted by Crippen LogP contribution is 2.36. The minimum atomic E-state index is 0.0567. The quantitative estimate of drug-likeness (QED) is 0.796. The summed E-state index contributed by atoms with van der Waals surface area (Å²) in [4.78, 5) is 5.14. The zero-order valence-corrected chi connectivity index (χ0v) is 16.0. The second-order valence-corrected chi connectivity index (χ2v) is 8.55. The smallest absolute Gasteiger partial charge is 0.0411 e. The van der Waals surface area contributed by atoms with Gasteiger partial charge in [0.15, 0.2) is 0 Å². The van der Waals surface area contributed by atoms with Crippen LogP contribution in [0.4, 0.5) is 0 Å². The molecule has 0 spiro atoms. The highest BCUT2D eigenvalue weighted by Gasteiger charge is 2.34. The van der Waals surface area contributed by atoms with Gasteiger partial charge in [0.1, 0.15) is 0 Å². The second kappa shape index (κ2) is 6.26. The minimum Gasteiger partial charge on any atom is -0.300 e. The zero-order valence-electron chi connectivity index (χ0n) is 16.0. The van der Waals surface area contributed by atoms with E-state index in [0.717, 1.165) is 19.0 Å². The fourth-order valence-electron chi connectivity index (χ4n) is 4.22. The Hall–Kier alpha value is -1.64. The molecule has 2 aliphatic rings. The van der Waals surface area contributed by atoms with Crippen LogP contribution in [0.15, 0.2) is 48.5 Å². The number of hydrogen-bond acceptors (Lipinski definition) is 2. The fourth-order valence-corrected chi connectivity index (χ4v) is 4.22. The van der Waals surface area contributed by atoms with Crippen molar-refractivity contribution in [1.82, 2.24) is 9.80 Å². The summed E-state index contributed by atoms with van der Waals surface area (Å²) in [6.45, 7) is 13.8. The maximum absolute atomic E-state index is 2.59. The first-order valence-electron chi connectivity index (χ1n) is 9.61. The third kappa shape index (κ3) is 3.02. The van der Waals surface area contributed by atoms with Gasteiger partial charge in [0.05, 0.1) is 0 Å². The molecule has 2 heterocycles. The lowest BCUT2D eigenvalue weighted by Crippen LogP contribution is -2.48. The molecule has 0 aliphatic carbocycles. The molecular weight excluding hydrogens is 304 g/mol. The van der Waals surface area contributed by atoms with E-state index in [4.69, 9.17) is 0 Å². The van der Waals surface area contributed by atoms with Gasteiger partial charge in [-0.3, -0.25) is 9.80 Å². The lowest BCUT2D eigenvalue weighted by atomic mass is 9.86. The van der Waals surface area contributed by atoms with E-state index in [-0.39, 0.29) is 5.54 Å². The average molecular weight is 335 g/mol. The molecule has 0 unspecified atom stereocenters. The molecule has 2 aromatic carbocycles. The standard InChI is InChI=1S/C23H30N2/c1-17(2)24-13-21(14-24)18-9-11-22(12-10-18)23(3,4)25-15-19-7-5-6-8-20(19)16-25/h5-12,17,21H,13-16H2,1-4H3. The van der Waals surface area contributed by atoms with Gasteiger partial charge < -0.3 is 0 Å². The SMILES string of the molecule is CC(C)N1CC(c2ccc(C(C)(C)N3Cc4ccccc4C3)cc2)C1. The third-order valence-corrected chi connectivity index (χ3v) is 6.36. The van der Waals surface area contributed by atoms with E-state index in [1.54, 1.807) is 0 Å². The summed E-state index contributed by atoms with van der Waals surface area (Å²) in [6.07, 6.45) is 0. The van der Waals surface area contributed by atoms with Gasteiger partial charge in [0.25, 0.3) is 0 Å². The van der Waals surface area contributed by atoms with Crippen LogP contribution in [0.5, 0.6) is 0 Å². The van der Waals surface area contributed by atoms with E-state index in [1.165, 1.54) is 35.3 Å². The zero-order chi connectivity index (χ0) is 17.6. The maximum atomic E-state index is 2.59. The molecule has 2 aromatic rings. The topological polar surface area (TPSA) is 6.48 Å². The van der Waals surface area contributed by atoms with Gasteiger partial charge >= 0.3 is 0 Å². The Kier molecular flexibility index (Phi) is 4.21. The largest absolute Gasteiger partial charge is 0.300 e. The van der Waals surface area contributed by atoms with Crippen molar-refractivity contribution in [1.29, 1.82) is 0 Å². The van der Waals surface area contributed by atoms with Crippen LogP contribution in [-0.4, -0.2) is 28.9 Å². The Morgan fingerprint density at radius 3 is 1.96 bits per heavy atom. The van der Waals surface area contributed by atoms with Crippen LogP contribution < -0.4 is 0 Å². The molecule has 0 amide bonds. The number of nitrogens with zero attached hydrogens (tertiary/aromatic N) is 2. The van der Waals surface area contributed by atoms with Crippen LogP contribution in [0, 0.1) is 0 Å². The van der Waals surface area contributed by atoms with E-state index < -0.39 is 0 Å². The predicted molar refractivity (Wildman–Crippen MR) is 105 cm³/mol. The van der Waals surface area contributed by atoms with Crippen LogP contribution >= 0.6 is 0 Å². The van der Waals surface area contributed by atoms with E-state index in [2.05, 4.69) is 86.0 Å². The monoisotopic (exact) mass is 334 g/mol. The van der Waals surface area contributed by atoms with Crippen LogP contribution in [0.2, 0.25) is 0 Å². The Balaban J connectivity index is 1.47. The number of rotatable bonds is 4. The summed E-state index contributed by atoms with van der Waals surface area (Å²) in [7, 11) is 0. The Labute approximate surface area is 152 Å². The van der Waals surface area contributed by atoms with Gasteiger partial charge in [0, 0.05) is 43.7 Å². The highest BCUT2D eigenvalue weighted by atomic mass is 15.2. The van der Waals surface area contributed by atoms with Gasteiger partial charge in [-0.05, 0) is 49.9 Å². The molecule has 1 fully saturated rings. The third-order valence-electron chi connectivity index (χ3n) is 6.36. The van der Waals surface area contributed by atoms with Crippen molar-refractivity contribution in [2.75, 3.05) is 13.1 Å². The summed E-state index contributed by atoms with van der Waals surface area (Å²) >= 11 is 0. The van der Waals surface area contributed by atoms with Crippen molar-refractivity contribution in [2.24, 2.45) is 0 Å². The minimum absolute atomic E-state index is 0.0567. The molecule has 2 heteroatoms. The Bertz CT molecular complexity index is 714. The lowest BCUT2D eigenvalue weighted by Gasteiger charge is -2.42. The number of fused-ring (bicyclic) bond motifs is 1. The molecule has 0 atom stereocenters. The van der Waals surface area contributed by atoms with Gasteiger partial charge in [0.2, 0.25) is 0 Å². The number of benzene rings is 2. The summed E-state index contributed by atoms with van der Waals surface area (Å²) in [5, 5.41) is 0. The van der Waals surface area contributed by atoms with Gasteiger partial charge in [-0.2, -0.15) is 0 Å². The molecule has 4 rings (SSSR count). The van der Waals surface area contributed by atoms with Crippen LogP contribution in [0.25, 0.3) is 0 Å². The number of likely N-dealkylation sites (tertiary alicyclic amines) is 1. The summed E-state index contributed by atoms with van der Waals surface area (Å²) in [6, 6.07) is 19.0. The molecule has 2 nitrogen and oxygen atoms in total. The van der Waals surface area contributed by atoms with Crippen molar-refractivity contribution in [3.8, 4) is 0 Å². The maximum Gasteiger partial charge on any atom is 0.0411 e. The summed E-state index contributed by atoms with van der Waals surface area (Å²) < 4.78 is 0. The van der Waals surface area contributed by atoms with Gasteiger partial charge in [-0.25, -0.2) is 0 Å². The molecule has 0 N–H and O–H groups in total. The van der Waals surface area contributed by atoms with Crippen LogP contribution in [-0.2, 0) is 18.6 Å². The first-order valence-corrected chi connectivity index (χ1v) is 9.61. The number of hydrogen-bond donors (Lipinski definition) is 0. The van der Waals surface area contributed by atoms with Crippen molar-refractivity contribution < 1.29 is 0 Å².